The van der Waals surface area contributed by atoms with E-state index in [2.05, 4.69) is 9.97 Å². The van der Waals surface area contributed by atoms with E-state index < -0.39 is 11.6 Å². The number of halogens is 3. The van der Waals surface area contributed by atoms with Gasteiger partial charge in [0, 0.05) is 12.5 Å². The van der Waals surface area contributed by atoms with Crippen LogP contribution in [-0.4, -0.2) is 16.1 Å². The zero-order valence-corrected chi connectivity index (χ0v) is 17.6. The molecule has 7 heteroatoms. The lowest BCUT2D eigenvalue weighted by molar-refractivity contribution is -0.173. The quantitative estimate of drug-likeness (QED) is 0.302. The molecule has 0 spiro atoms. The molecule has 0 fully saturated rings. The Morgan fingerprint density at radius 2 is 1.38 bits per heavy atom. The standard InChI is InChI=1S/C25H19F3N2O2/c1-14-5-4-6-16(11-14)23-30-20-13-18(8-10-22(20)32-23)24(3,25(26,27)28)17-7-9-21-19(12-17)29-15(2)31-21/h4-13H,1-3H3. The molecule has 0 radical (unpaired) electrons. The third-order valence-corrected chi connectivity index (χ3v) is 5.87. The summed E-state index contributed by atoms with van der Waals surface area (Å²) in [6.07, 6.45) is -4.56. The minimum atomic E-state index is -4.56. The fourth-order valence-corrected chi connectivity index (χ4v) is 3.99. The van der Waals surface area contributed by atoms with Gasteiger partial charge in [0.25, 0.3) is 0 Å². The molecule has 0 aliphatic rings. The molecule has 0 saturated heterocycles. The van der Waals surface area contributed by atoms with E-state index in [1.807, 2.05) is 31.2 Å². The van der Waals surface area contributed by atoms with Crippen LogP contribution in [0.5, 0.6) is 0 Å². The smallest absolute Gasteiger partial charge is 0.402 e. The van der Waals surface area contributed by atoms with Crippen LogP contribution in [0.2, 0.25) is 0 Å². The number of benzene rings is 3. The number of nitrogens with zero attached hydrogens (tertiary/aromatic N) is 2. The van der Waals surface area contributed by atoms with Crippen molar-refractivity contribution in [3.63, 3.8) is 0 Å². The van der Waals surface area contributed by atoms with Crippen molar-refractivity contribution in [2.24, 2.45) is 0 Å². The Balaban J connectivity index is 1.66. The van der Waals surface area contributed by atoms with Crippen molar-refractivity contribution in [3.05, 3.63) is 83.2 Å². The van der Waals surface area contributed by atoms with E-state index in [-0.39, 0.29) is 11.1 Å². The highest BCUT2D eigenvalue weighted by atomic mass is 19.4. The fraction of sp³-hybridized carbons (Fsp3) is 0.200. The summed E-state index contributed by atoms with van der Waals surface area (Å²) in [4.78, 5) is 8.66. The van der Waals surface area contributed by atoms with Crippen LogP contribution in [0.3, 0.4) is 0 Å². The van der Waals surface area contributed by atoms with E-state index in [0.717, 1.165) is 11.1 Å². The number of oxazole rings is 2. The van der Waals surface area contributed by atoms with Crippen molar-refractivity contribution in [3.8, 4) is 11.5 Å². The molecule has 0 N–H and O–H groups in total. The Morgan fingerprint density at radius 3 is 2.00 bits per heavy atom. The first-order valence-corrected chi connectivity index (χ1v) is 10.1. The van der Waals surface area contributed by atoms with Gasteiger partial charge in [-0.25, -0.2) is 9.97 Å². The van der Waals surface area contributed by atoms with E-state index in [1.165, 1.54) is 37.3 Å². The monoisotopic (exact) mass is 436 g/mol. The molecule has 0 amide bonds. The number of hydrogen-bond donors (Lipinski definition) is 0. The molecule has 5 aromatic rings. The fourth-order valence-electron chi connectivity index (χ4n) is 3.99. The van der Waals surface area contributed by atoms with Crippen molar-refractivity contribution in [1.82, 2.24) is 9.97 Å². The van der Waals surface area contributed by atoms with Gasteiger partial charge in [-0.15, -0.1) is 0 Å². The van der Waals surface area contributed by atoms with Crippen molar-refractivity contribution in [2.75, 3.05) is 0 Å². The van der Waals surface area contributed by atoms with Crippen molar-refractivity contribution in [2.45, 2.75) is 32.4 Å². The summed E-state index contributed by atoms with van der Waals surface area (Å²) in [6.45, 7) is 4.78. The molecule has 2 aromatic heterocycles. The Kier molecular flexibility index (Phi) is 4.41. The lowest BCUT2D eigenvalue weighted by Crippen LogP contribution is -2.40. The first kappa shape index (κ1) is 20.3. The van der Waals surface area contributed by atoms with E-state index >= 15 is 0 Å². The summed E-state index contributed by atoms with van der Waals surface area (Å²) in [5.74, 6) is 0.771. The van der Waals surface area contributed by atoms with Crippen LogP contribution in [0.25, 0.3) is 33.7 Å². The number of aromatic nitrogens is 2. The summed E-state index contributed by atoms with van der Waals surface area (Å²) < 4.78 is 54.8. The lowest BCUT2D eigenvalue weighted by atomic mass is 9.75. The largest absolute Gasteiger partial charge is 0.441 e. The normalized spacial score (nSPS) is 14.2. The molecule has 4 nitrogen and oxygen atoms in total. The number of fused-ring (bicyclic) bond motifs is 2. The molecule has 3 aromatic carbocycles. The van der Waals surface area contributed by atoms with Gasteiger partial charge in [0.05, 0.1) is 0 Å². The summed E-state index contributed by atoms with van der Waals surface area (Å²) in [6, 6.07) is 16.4. The van der Waals surface area contributed by atoms with Gasteiger partial charge in [-0.05, 0) is 61.4 Å². The number of aryl methyl sites for hydroxylation is 2. The van der Waals surface area contributed by atoms with Crippen LogP contribution < -0.4 is 0 Å². The van der Waals surface area contributed by atoms with Crippen LogP contribution in [0, 0.1) is 13.8 Å². The summed E-state index contributed by atoms with van der Waals surface area (Å²) in [7, 11) is 0. The predicted octanol–water partition coefficient (Wildman–Crippen LogP) is 7.12. The lowest BCUT2D eigenvalue weighted by Gasteiger charge is -2.33. The highest BCUT2D eigenvalue weighted by Gasteiger charge is 2.53. The molecule has 0 saturated carbocycles. The maximum Gasteiger partial charge on any atom is 0.402 e. The van der Waals surface area contributed by atoms with Gasteiger partial charge in [-0.3, -0.25) is 0 Å². The summed E-state index contributed by atoms with van der Waals surface area (Å²) in [5.41, 5.74) is 1.32. The molecule has 0 bridgehead atoms. The Hall–Kier alpha value is -3.61. The molecule has 1 unspecified atom stereocenters. The van der Waals surface area contributed by atoms with Crippen LogP contribution in [0.4, 0.5) is 13.2 Å². The number of alkyl halides is 3. The van der Waals surface area contributed by atoms with Crippen LogP contribution in [0.15, 0.2) is 69.5 Å². The molecule has 5 rings (SSSR count). The van der Waals surface area contributed by atoms with Gasteiger partial charge >= 0.3 is 6.18 Å². The Morgan fingerprint density at radius 1 is 0.750 bits per heavy atom. The van der Waals surface area contributed by atoms with Gasteiger partial charge in [0.15, 0.2) is 17.1 Å². The Labute approximate surface area is 181 Å². The molecule has 0 aliphatic heterocycles. The van der Waals surface area contributed by atoms with Gasteiger partial charge in [0.1, 0.15) is 16.4 Å². The second-order valence-electron chi connectivity index (χ2n) is 8.11. The minimum Gasteiger partial charge on any atom is -0.441 e. The topological polar surface area (TPSA) is 52.1 Å². The second-order valence-corrected chi connectivity index (χ2v) is 8.11. The predicted molar refractivity (Wildman–Crippen MR) is 115 cm³/mol. The van der Waals surface area contributed by atoms with E-state index in [9.17, 15) is 13.2 Å². The minimum absolute atomic E-state index is 0.0705. The first-order valence-electron chi connectivity index (χ1n) is 10.1. The third kappa shape index (κ3) is 3.16. The molecule has 2 heterocycles. The second kappa shape index (κ2) is 6.95. The maximum absolute atomic E-state index is 14.5. The zero-order chi connectivity index (χ0) is 22.7. The van der Waals surface area contributed by atoms with E-state index in [1.54, 1.807) is 13.0 Å². The highest BCUT2D eigenvalue weighted by Crippen LogP contribution is 2.47. The molecule has 0 aliphatic carbocycles. The average Bonchev–Trinajstić information content (AvgIpc) is 3.33. The molecule has 1 atom stereocenters. The molecule has 162 valence electrons. The number of rotatable bonds is 3. The molecule has 32 heavy (non-hydrogen) atoms. The maximum atomic E-state index is 14.5. The van der Waals surface area contributed by atoms with Gasteiger partial charge in [0.2, 0.25) is 5.89 Å². The molecular formula is C25H19F3N2O2. The van der Waals surface area contributed by atoms with E-state index in [4.69, 9.17) is 8.83 Å². The third-order valence-electron chi connectivity index (χ3n) is 5.87. The number of hydrogen-bond acceptors (Lipinski definition) is 4. The van der Waals surface area contributed by atoms with Crippen LogP contribution in [-0.2, 0) is 5.41 Å². The highest BCUT2D eigenvalue weighted by molar-refractivity contribution is 5.78. The molecular weight excluding hydrogens is 417 g/mol. The van der Waals surface area contributed by atoms with Crippen molar-refractivity contribution < 1.29 is 22.0 Å². The van der Waals surface area contributed by atoms with Crippen LogP contribution in [0.1, 0.15) is 29.5 Å². The SMILES string of the molecule is Cc1cccc(-c2nc3cc(C(C)(c4ccc5oc(C)nc5c4)C(F)(F)F)ccc3o2)c1. The van der Waals surface area contributed by atoms with Gasteiger partial charge in [-0.2, -0.15) is 13.2 Å². The van der Waals surface area contributed by atoms with Crippen molar-refractivity contribution in [1.29, 1.82) is 0 Å². The summed E-state index contributed by atoms with van der Waals surface area (Å²) >= 11 is 0. The van der Waals surface area contributed by atoms with Gasteiger partial charge in [-0.1, -0.05) is 29.8 Å². The first-order chi connectivity index (χ1) is 15.1. The zero-order valence-electron chi connectivity index (χ0n) is 17.6. The Bertz CT molecular complexity index is 1470. The van der Waals surface area contributed by atoms with Gasteiger partial charge < -0.3 is 8.83 Å². The average molecular weight is 436 g/mol. The van der Waals surface area contributed by atoms with Crippen LogP contribution >= 0.6 is 0 Å². The van der Waals surface area contributed by atoms with E-state index in [0.29, 0.717) is 34.0 Å². The van der Waals surface area contributed by atoms with Crippen molar-refractivity contribution >= 4 is 22.2 Å². The summed E-state index contributed by atoms with van der Waals surface area (Å²) in [5, 5.41) is 0.